The maximum absolute atomic E-state index is 12.5. The van der Waals surface area contributed by atoms with E-state index in [-0.39, 0.29) is 21.5 Å². The SMILES string of the molecule is CC(C)N(C)S(=O)(=O)c1ccc(Cl)c(C(=O)OCC(=O)N(C)C)c1. The van der Waals surface area contributed by atoms with Gasteiger partial charge in [-0.05, 0) is 32.0 Å². The van der Waals surface area contributed by atoms with Crippen molar-refractivity contribution < 1.29 is 22.7 Å². The summed E-state index contributed by atoms with van der Waals surface area (Å²) in [6.45, 7) is 3.01. The zero-order valence-electron chi connectivity index (χ0n) is 14.2. The zero-order valence-corrected chi connectivity index (χ0v) is 15.8. The molecular weight excluding hydrogens is 356 g/mol. The Bertz CT molecular complexity index is 731. The van der Waals surface area contributed by atoms with Gasteiger partial charge in [0.2, 0.25) is 10.0 Å². The van der Waals surface area contributed by atoms with Crippen molar-refractivity contribution in [2.45, 2.75) is 24.8 Å². The van der Waals surface area contributed by atoms with E-state index in [0.717, 1.165) is 6.07 Å². The average Bonchev–Trinajstić information content (AvgIpc) is 2.51. The Hall–Kier alpha value is -1.64. The molecule has 9 heteroatoms. The number of hydrogen-bond donors (Lipinski definition) is 0. The highest BCUT2D eigenvalue weighted by atomic mass is 35.5. The second kappa shape index (κ2) is 7.96. The first-order chi connectivity index (χ1) is 11.0. The zero-order chi connectivity index (χ0) is 18.7. The molecule has 0 heterocycles. The summed E-state index contributed by atoms with van der Waals surface area (Å²) in [5.74, 6) is -1.26. The van der Waals surface area contributed by atoms with Gasteiger partial charge in [0.15, 0.2) is 6.61 Å². The molecule has 0 spiro atoms. The maximum Gasteiger partial charge on any atom is 0.340 e. The van der Waals surface area contributed by atoms with E-state index < -0.39 is 28.5 Å². The summed E-state index contributed by atoms with van der Waals surface area (Å²) in [6.07, 6.45) is 0. The van der Waals surface area contributed by atoms with E-state index in [4.69, 9.17) is 16.3 Å². The number of sulfonamides is 1. The highest BCUT2D eigenvalue weighted by molar-refractivity contribution is 7.89. The van der Waals surface area contributed by atoms with Gasteiger partial charge in [0.25, 0.3) is 5.91 Å². The number of ether oxygens (including phenoxy) is 1. The number of halogens is 1. The van der Waals surface area contributed by atoms with Crippen molar-refractivity contribution in [2.24, 2.45) is 0 Å². The lowest BCUT2D eigenvalue weighted by Gasteiger charge is -2.21. The number of likely N-dealkylation sites (N-methyl/N-ethyl adjacent to an activating group) is 1. The number of benzene rings is 1. The Morgan fingerprint density at radius 3 is 2.29 bits per heavy atom. The summed E-state index contributed by atoms with van der Waals surface area (Å²) in [5.41, 5.74) is -0.110. The number of carbonyl (C=O) groups excluding carboxylic acids is 2. The predicted octanol–water partition coefficient (Wildman–Crippen LogP) is 1.61. The van der Waals surface area contributed by atoms with Crippen LogP contribution >= 0.6 is 11.6 Å². The lowest BCUT2D eigenvalue weighted by Crippen LogP contribution is -2.33. The van der Waals surface area contributed by atoms with Crippen LogP contribution in [0.25, 0.3) is 0 Å². The molecule has 0 fully saturated rings. The minimum Gasteiger partial charge on any atom is -0.452 e. The molecule has 24 heavy (non-hydrogen) atoms. The number of rotatable bonds is 6. The Morgan fingerprint density at radius 2 is 1.79 bits per heavy atom. The van der Waals surface area contributed by atoms with Crippen LogP contribution in [0.15, 0.2) is 23.1 Å². The van der Waals surface area contributed by atoms with E-state index in [1.54, 1.807) is 13.8 Å². The van der Waals surface area contributed by atoms with Crippen molar-refractivity contribution in [3.8, 4) is 0 Å². The maximum atomic E-state index is 12.5. The third-order valence-electron chi connectivity index (χ3n) is 3.39. The molecule has 1 aromatic carbocycles. The third kappa shape index (κ3) is 4.68. The predicted molar refractivity (Wildman–Crippen MR) is 90.5 cm³/mol. The molecule has 0 saturated heterocycles. The molecule has 0 atom stereocenters. The van der Waals surface area contributed by atoms with Gasteiger partial charge in [-0.3, -0.25) is 4.79 Å². The van der Waals surface area contributed by atoms with E-state index in [0.29, 0.717) is 0 Å². The number of nitrogens with zero attached hydrogens (tertiary/aromatic N) is 2. The quantitative estimate of drug-likeness (QED) is 0.704. The number of esters is 1. The van der Waals surface area contributed by atoms with Gasteiger partial charge < -0.3 is 9.64 Å². The largest absolute Gasteiger partial charge is 0.452 e. The summed E-state index contributed by atoms with van der Waals surface area (Å²) >= 11 is 5.96. The minimum atomic E-state index is -3.76. The number of amides is 1. The van der Waals surface area contributed by atoms with Gasteiger partial charge in [-0.1, -0.05) is 11.6 Å². The van der Waals surface area contributed by atoms with Crippen molar-refractivity contribution in [2.75, 3.05) is 27.7 Å². The first kappa shape index (κ1) is 20.4. The first-order valence-corrected chi connectivity index (χ1v) is 8.95. The standard InChI is InChI=1S/C15H21ClN2O5S/c1-10(2)18(5)24(21,22)11-6-7-13(16)12(8-11)15(20)23-9-14(19)17(3)4/h6-8,10H,9H2,1-5H3. The third-order valence-corrected chi connectivity index (χ3v) is 5.75. The summed E-state index contributed by atoms with van der Waals surface area (Å²) in [5, 5.41) is 0.0449. The van der Waals surface area contributed by atoms with Gasteiger partial charge in [0.05, 0.1) is 15.5 Å². The molecule has 0 bridgehead atoms. The molecule has 1 rings (SSSR count). The van der Waals surface area contributed by atoms with Gasteiger partial charge in [0.1, 0.15) is 0 Å². The molecule has 0 aliphatic rings. The van der Waals surface area contributed by atoms with Gasteiger partial charge in [-0.25, -0.2) is 13.2 Å². The van der Waals surface area contributed by atoms with Gasteiger partial charge in [-0.15, -0.1) is 0 Å². The minimum absolute atomic E-state index is 0.0449. The first-order valence-electron chi connectivity index (χ1n) is 7.13. The molecule has 0 aliphatic carbocycles. The highest BCUT2D eigenvalue weighted by Gasteiger charge is 2.25. The van der Waals surface area contributed by atoms with E-state index in [1.165, 1.54) is 42.5 Å². The Morgan fingerprint density at radius 1 is 1.21 bits per heavy atom. The summed E-state index contributed by atoms with van der Waals surface area (Å²) in [6, 6.07) is 3.53. The normalized spacial score (nSPS) is 11.7. The van der Waals surface area contributed by atoms with E-state index in [1.807, 2.05) is 0 Å². The molecule has 0 N–H and O–H groups in total. The topological polar surface area (TPSA) is 84.0 Å². The molecular formula is C15H21ClN2O5S. The smallest absolute Gasteiger partial charge is 0.340 e. The second-order valence-electron chi connectivity index (χ2n) is 5.62. The van der Waals surface area contributed by atoms with Crippen molar-refractivity contribution >= 4 is 33.5 Å². The monoisotopic (exact) mass is 376 g/mol. The number of carbonyl (C=O) groups is 2. The van der Waals surface area contributed by atoms with Crippen LogP contribution in [-0.4, -0.2) is 63.3 Å². The molecule has 1 aromatic rings. The van der Waals surface area contributed by atoms with Crippen LogP contribution in [0.1, 0.15) is 24.2 Å². The van der Waals surface area contributed by atoms with Crippen LogP contribution in [0, 0.1) is 0 Å². The molecule has 134 valence electrons. The van der Waals surface area contributed by atoms with Crippen LogP contribution in [-0.2, 0) is 19.6 Å². The van der Waals surface area contributed by atoms with Crippen LogP contribution < -0.4 is 0 Å². The van der Waals surface area contributed by atoms with Crippen molar-refractivity contribution in [1.82, 2.24) is 9.21 Å². The second-order valence-corrected chi connectivity index (χ2v) is 8.03. The molecule has 7 nitrogen and oxygen atoms in total. The van der Waals surface area contributed by atoms with Crippen LogP contribution in [0.5, 0.6) is 0 Å². The lowest BCUT2D eigenvalue weighted by molar-refractivity contribution is -0.131. The van der Waals surface area contributed by atoms with Crippen LogP contribution in [0.3, 0.4) is 0 Å². The summed E-state index contributed by atoms with van der Waals surface area (Å²) in [4.78, 5) is 24.8. The van der Waals surface area contributed by atoms with Gasteiger partial charge >= 0.3 is 5.97 Å². The van der Waals surface area contributed by atoms with E-state index in [9.17, 15) is 18.0 Å². The molecule has 0 unspecified atom stereocenters. The fourth-order valence-electron chi connectivity index (χ4n) is 1.60. The Kier molecular flexibility index (Phi) is 6.76. The highest BCUT2D eigenvalue weighted by Crippen LogP contribution is 2.24. The average molecular weight is 377 g/mol. The van der Waals surface area contributed by atoms with Crippen molar-refractivity contribution in [1.29, 1.82) is 0 Å². The molecule has 0 aliphatic heterocycles. The molecule has 1 amide bonds. The fraction of sp³-hybridized carbons (Fsp3) is 0.467. The van der Waals surface area contributed by atoms with Crippen LogP contribution in [0.2, 0.25) is 5.02 Å². The molecule has 0 radical (unpaired) electrons. The fourth-order valence-corrected chi connectivity index (χ4v) is 3.19. The molecule has 0 aromatic heterocycles. The summed E-state index contributed by atoms with van der Waals surface area (Å²) in [7, 11) is 0.735. The Balaban J connectivity index is 3.10. The van der Waals surface area contributed by atoms with Crippen molar-refractivity contribution in [3.05, 3.63) is 28.8 Å². The van der Waals surface area contributed by atoms with E-state index >= 15 is 0 Å². The van der Waals surface area contributed by atoms with Gasteiger partial charge in [0, 0.05) is 27.2 Å². The summed E-state index contributed by atoms with van der Waals surface area (Å²) < 4.78 is 31.0. The van der Waals surface area contributed by atoms with E-state index in [2.05, 4.69) is 0 Å². The van der Waals surface area contributed by atoms with Crippen molar-refractivity contribution in [3.63, 3.8) is 0 Å². The Labute approximate surface area is 147 Å². The number of hydrogen-bond acceptors (Lipinski definition) is 5. The lowest BCUT2D eigenvalue weighted by atomic mass is 10.2. The van der Waals surface area contributed by atoms with Gasteiger partial charge in [-0.2, -0.15) is 4.31 Å². The van der Waals surface area contributed by atoms with Crippen LogP contribution in [0.4, 0.5) is 0 Å². The molecule has 0 saturated carbocycles.